The van der Waals surface area contributed by atoms with Crippen molar-refractivity contribution in [3.05, 3.63) is 84.4 Å². The Hall–Kier alpha value is -2.17. The summed E-state index contributed by atoms with van der Waals surface area (Å²) in [5, 5.41) is 12.6. The van der Waals surface area contributed by atoms with E-state index in [4.69, 9.17) is 0 Å². The lowest BCUT2D eigenvalue weighted by Gasteiger charge is -2.17. The molecule has 0 fully saturated rings. The first-order valence-electron chi connectivity index (χ1n) is 7.24. The van der Waals surface area contributed by atoms with Crippen LogP contribution in [-0.2, 0) is 11.1 Å². The quantitative estimate of drug-likeness (QED) is 0.404. The van der Waals surface area contributed by atoms with Crippen LogP contribution in [0.5, 0.6) is 0 Å². The van der Waals surface area contributed by atoms with Gasteiger partial charge in [-0.2, -0.15) is 0 Å². The van der Waals surface area contributed by atoms with Crippen molar-refractivity contribution in [1.82, 2.24) is 0 Å². The number of hydrogen-bond donors (Lipinski definition) is 0. The zero-order valence-corrected chi connectivity index (χ0v) is 13.8. The van der Waals surface area contributed by atoms with Gasteiger partial charge in [0.15, 0.2) is 0 Å². The predicted molar refractivity (Wildman–Crippen MR) is 93.9 cm³/mol. The third kappa shape index (κ3) is 2.76. The first-order chi connectivity index (χ1) is 11.3. The average molecular weight is 335 g/mol. The van der Waals surface area contributed by atoms with E-state index in [1.54, 1.807) is 11.8 Å². The fraction of sp³-hybridized carbons (Fsp3) is 0. The molecule has 0 radical (unpaired) electrons. The minimum atomic E-state index is -0.570. The van der Waals surface area contributed by atoms with Gasteiger partial charge in [-0.1, -0.05) is 70.8 Å². The second kappa shape index (κ2) is 6.14. The molecule has 4 heteroatoms. The molecule has 0 aromatic heterocycles. The molecule has 112 valence electrons. The van der Waals surface area contributed by atoms with E-state index >= 15 is 0 Å². The van der Waals surface area contributed by atoms with Gasteiger partial charge in [-0.25, -0.2) is 0 Å². The fourth-order valence-electron chi connectivity index (χ4n) is 2.44. The Balaban J connectivity index is 1.85. The molecule has 0 unspecified atom stereocenters. The van der Waals surface area contributed by atoms with Crippen molar-refractivity contribution >= 4 is 28.7 Å². The Morgan fingerprint density at radius 3 is 1.87 bits per heavy atom. The summed E-state index contributed by atoms with van der Waals surface area (Å²) in [5.41, 5.74) is 0.633. The zero-order chi connectivity index (χ0) is 15.6. The van der Waals surface area contributed by atoms with Gasteiger partial charge in [0.25, 0.3) is 0 Å². The Morgan fingerprint density at radius 1 is 0.739 bits per heavy atom. The van der Waals surface area contributed by atoms with E-state index in [1.165, 1.54) is 9.79 Å². The van der Waals surface area contributed by atoms with Crippen LogP contribution in [-0.4, -0.2) is 5.90 Å². The van der Waals surface area contributed by atoms with Crippen molar-refractivity contribution in [3.8, 4) is 0 Å². The van der Waals surface area contributed by atoms with Crippen molar-refractivity contribution in [2.24, 2.45) is 4.40 Å². The van der Waals surface area contributed by atoms with Crippen LogP contribution in [0.1, 0.15) is 5.56 Å². The van der Waals surface area contributed by atoms with Gasteiger partial charge < -0.3 is 5.11 Å². The molecule has 3 aromatic carbocycles. The molecule has 0 bridgehead atoms. The summed E-state index contributed by atoms with van der Waals surface area (Å²) in [7, 11) is 0. The monoisotopic (exact) mass is 335 g/mol. The maximum absolute atomic E-state index is 12.6. The minimum absolute atomic E-state index is 0.162. The maximum atomic E-state index is 12.6. The smallest absolute Gasteiger partial charge is 0.205 e. The minimum Gasteiger partial charge on any atom is -0.855 e. The highest BCUT2D eigenvalue weighted by molar-refractivity contribution is 8.03. The SMILES string of the molecule is [O-]/C(=N\[S+]1c2ccccc2Sc2ccccc21)c1ccccc1. The molecule has 1 aliphatic rings. The molecule has 4 rings (SSSR count). The van der Waals surface area contributed by atoms with Gasteiger partial charge in [0.1, 0.15) is 0 Å². The van der Waals surface area contributed by atoms with Crippen LogP contribution < -0.4 is 5.11 Å². The standard InChI is InChI=1S/C19H13NOS2/c21-19(14-8-2-1-3-9-14)20-23-17-12-6-4-10-15(17)22-16-11-5-7-13-18(16)23/h1-13H. The molecule has 2 nitrogen and oxygen atoms in total. The van der Waals surface area contributed by atoms with E-state index < -0.39 is 11.1 Å². The van der Waals surface area contributed by atoms with E-state index in [0.29, 0.717) is 5.56 Å². The molecular formula is C19H13NOS2. The molecule has 0 saturated heterocycles. The van der Waals surface area contributed by atoms with Crippen molar-refractivity contribution in [1.29, 1.82) is 0 Å². The van der Waals surface area contributed by atoms with Crippen molar-refractivity contribution < 1.29 is 5.11 Å². The molecule has 23 heavy (non-hydrogen) atoms. The molecule has 0 atom stereocenters. The topological polar surface area (TPSA) is 35.4 Å². The number of nitrogens with zero attached hydrogens (tertiary/aromatic N) is 1. The van der Waals surface area contributed by atoms with Crippen LogP contribution >= 0.6 is 11.8 Å². The normalized spacial score (nSPS) is 14.2. The molecule has 0 aliphatic carbocycles. The first-order valence-corrected chi connectivity index (χ1v) is 9.24. The van der Waals surface area contributed by atoms with Gasteiger partial charge in [-0.15, -0.1) is 0 Å². The lowest BCUT2D eigenvalue weighted by atomic mass is 10.2. The van der Waals surface area contributed by atoms with Gasteiger partial charge in [-0.3, -0.25) is 0 Å². The van der Waals surface area contributed by atoms with Crippen molar-refractivity contribution in [2.45, 2.75) is 19.6 Å². The van der Waals surface area contributed by atoms with Crippen LogP contribution in [0, 0.1) is 0 Å². The fourth-order valence-corrected chi connectivity index (χ4v) is 5.67. The number of hydrogen-bond acceptors (Lipinski definition) is 3. The summed E-state index contributed by atoms with van der Waals surface area (Å²) >= 11 is 1.17. The van der Waals surface area contributed by atoms with Gasteiger partial charge in [0, 0.05) is 5.90 Å². The van der Waals surface area contributed by atoms with Crippen LogP contribution in [0.2, 0.25) is 0 Å². The highest BCUT2D eigenvalue weighted by atomic mass is 32.2. The highest BCUT2D eigenvalue weighted by Crippen LogP contribution is 2.45. The Labute approximate surface area is 142 Å². The summed E-state index contributed by atoms with van der Waals surface area (Å²) in [6.07, 6.45) is 0. The number of rotatable bonds is 2. The van der Waals surface area contributed by atoms with E-state index in [2.05, 4.69) is 28.7 Å². The van der Waals surface area contributed by atoms with E-state index in [0.717, 1.165) is 9.79 Å². The lowest BCUT2D eigenvalue weighted by Crippen LogP contribution is -2.22. The van der Waals surface area contributed by atoms with Crippen molar-refractivity contribution in [3.63, 3.8) is 0 Å². The molecular weight excluding hydrogens is 322 g/mol. The molecule has 0 spiro atoms. The third-order valence-electron chi connectivity index (χ3n) is 3.53. The lowest BCUT2D eigenvalue weighted by molar-refractivity contribution is -0.212. The molecule has 3 aromatic rings. The van der Waals surface area contributed by atoms with Crippen LogP contribution in [0.4, 0.5) is 0 Å². The maximum Gasteiger partial charge on any atom is 0.205 e. The first kappa shape index (κ1) is 14.4. The molecule has 0 N–H and O–H groups in total. The third-order valence-corrected chi connectivity index (χ3v) is 6.83. The van der Waals surface area contributed by atoms with Crippen LogP contribution in [0.25, 0.3) is 0 Å². The van der Waals surface area contributed by atoms with E-state index in [1.807, 2.05) is 54.6 Å². The second-order valence-electron chi connectivity index (χ2n) is 5.04. The average Bonchev–Trinajstić information content (AvgIpc) is 2.62. The second-order valence-corrected chi connectivity index (χ2v) is 7.76. The summed E-state index contributed by atoms with van der Waals surface area (Å²) < 4.78 is 4.56. The van der Waals surface area contributed by atoms with Gasteiger partial charge in [0.05, 0.1) is 9.79 Å². The predicted octanol–water partition coefficient (Wildman–Crippen LogP) is 3.91. The van der Waals surface area contributed by atoms with Crippen molar-refractivity contribution in [2.75, 3.05) is 0 Å². The summed E-state index contributed by atoms with van der Waals surface area (Å²) in [5.74, 6) is -0.162. The number of benzene rings is 3. The number of fused-ring (bicyclic) bond motifs is 2. The summed E-state index contributed by atoms with van der Waals surface area (Å²) in [6.45, 7) is 0. The van der Waals surface area contributed by atoms with Gasteiger partial charge >= 0.3 is 0 Å². The summed E-state index contributed by atoms with van der Waals surface area (Å²) in [6, 6.07) is 25.7. The Morgan fingerprint density at radius 2 is 1.26 bits per heavy atom. The molecule has 1 heterocycles. The zero-order valence-electron chi connectivity index (χ0n) is 12.2. The Kier molecular flexibility index (Phi) is 3.85. The van der Waals surface area contributed by atoms with E-state index in [-0.39, 0.29) is 5.90 Å². The van der Waals surface area contributed by atoms with E-state index in [9.17, 15) is 5.11 Å². The van der Waals surface area contributed by atoms with Crippen LogP contribution in [0.15, 0.2) is 103 Å². The molecule has 0 saturated carbocycles. The summed E-state index contributed by atoms with van der Waals surface area (Å²) in [4.78, 5) is 4.61. The molecule has 1 aliphatic heterocycles. The van der Waals surface area contributed by atoms with Gasteiger partial charge in [-0.05, 0) is 29.8 Å². The van der Waals surface area contributed by atoms with Gasteiger partial charge in [0.2, 0.25) is 20.9 Å². The van der Waals surface area contributed by atoms with Crippen LogP contribution in [0.3, 0.4) is 0 Å². The Bertz CT molecular complexity index is 832. The largest absolute Gasteiger partial charge is 0.855 e. The molecule has 0 amide bonds. The highest BCUT2D eigenvalue weighted by Gasteiger charge is 2.36.